The maximum atomic E-state index is 6.45. The Morgan fingerprint density at radius 2 is 1.29 bits per heavy atom. The van der Waals surface area contributed by atoms with Crippen LogP contribution in [0.2, 0.25) is 0 Å². The summed E-state index contributed by atoms with van der Waals surface area (Å²) < 4.78 is 0. The molecule has 0 atom stereocenters. The molecule has 0 amide bonds. The molecule has 0 aliphatic heterocycles. The molecule has 0 saturated carbocycles. The Labute approximate surface area is 151 Å². The van der Waals surface area contributed by atoms with Gasteiger partial charge in [-0.15, -0.1) is 0 Å². The summed E-state index contributed by atoms with van der Waals surface area (Å²) in [6.45, 7) is 18.4. The van der Waals surface area contributed by atoms with Crippen molar-refractivity contribution in [3.05, 3.63) is 35.5 Å². The first kappa shape index (κ1) is 21.6. The molecule has 0 spiro atoms. The van der Waals surface area contributed by atoms with Crippen molar-refractivity contribution in [1.82, 2.24) is 0 Å². The van der Waals surface area contributed by atoms with E-state index in [0.717, 1.165) is 0 Å². The normalized spacial score (nSPS) is 13.2. The van der Waals surface area contributed by atoms with Gasteiger partial charge < -0.3 is 11.6 Å². The van der Waals surface area contributed by atoms with Gasteiger partial charge in [0.2, 0.25) is 0 Å². The number of benzene rings is 1. The molecule has 0 aromatic heterocycles. The van der Waals surface area contributed by atoms with Crippen LogP contribution in [0.1, 0.15) is 66.9 Å². The topological polar surface area (TPSA) is 0 Å². The van der Waals surface area contributed by atoms with Gasteiger partial charge in [-0.2, -0.15) is 0 Å². The van der Waals surface area contributed by atoms with Gasteiger partial charge >= 0.3 is 0 Å². The van der Waals surface area contributed by atoms with Gasteiger partial charge in [-0.25, -0.2) is 0 Å². The summed E-state index contributed by atoms with van der Waals surface area (Å²) in [4.78, 5) is 0. The third kappa shape index (κ3) is 4.12. The molecule has 0 radical (unpaired) electrons. The first-order valence-corrected chi connectivity index (χ1v) is 9.71. The van der Waals surface area contributed by atoms with Crippen LogP contribution < -0.4 is 5.30 Å². The van der Waals surface area contributed by atoms with Crippen LogP contribution in [-0.2, 0) is 20.4 Å². The van der Waals surface area contributed by atoms with Crippen molar-refractivity contribution in [3.8, 4) is 0 Å². The van der Waals surface area contributed by atoms with Crippen LogP contribution >= 0.6 is 18.9 Å². The molecule has 1 aromatic rings. The number of halogens is 1. The standard InChI is InChI=1S/C18H30ClP.Pd/c1-14(2)15-9-11-16(12-10-15)20(13-19,17(3,4)5)18(6,7)8;/h9-14H,1-8H3;. The van der Waals surface area contributed by atoms with E-state index in [0.29, 0.717) is 5.92 Å². The zero-order valence-electron chi connectivity index (χ0n) is 14.6. The molecule has 1 rings (SSSR count). The van der Waals surface area contributed by atoms with Gasteiger partial charge in [0.1, 0.15) is 0 Å². The van der Waals surface area contributed by atoms with Crippen LogP contribution in [0.25, 0.3) is 0 Å². The second-order valence-electron chi connectivity index (χ2n) is 7.91. The fourth-order valence-corrected chi connectivity index (χ4v) is 10.2. The molecule has 0 heterocycles. The van der Waals surface area contributed by atoms with E-state index in [-0.39, 0.29) is 30.7 Å². The fourth-order valence-electron chi connectivity index (χ4n) is 3.22. The van der Waals surface area contributed by atoms with Gasteiger partial charge in [0, 0.05) is 20.4 Å². The van der Waals surface area contributed by atoms with E-state index in [2.05, 4.69) is 79.7 Å². The molecule has 1 aromatic carbocycles. The monoisotopic (exact) mass is 418 g/mol. The summed E-state index contributed by atoms with van der Waals surface area (Å²) in [5.41, 5.74) is 3.39. The van der Waals surface area contributed by atoms with Gasteiger partial charge in [0.05, 0.1) is 15.6 Å². The largest absolute Gasteiger partial charge is 0.304 e. The second kappa shape index (κ2) is 7.45. The summed E-state index contributed by atoms with van der Waals surface area (Å²) in [7, 11) is -1.61. The molecule has 0 unspecified atom stereocenters. The molecular weight excluding hydrogens is 389 g/mol. The van der Waals surface area contributed by atoms with Crippen molar-refractivity contribution < 1.29 is 20.4 Å². The Kier molecular flexibility index (Phi) is 7.66. The molecule has 0 saturated heterocycles. The van der Waals surface area contributed by atoms with E-state index in [1.54, 1.807) is 0 Å². The molecule has 124 valence electrons. The summed E-state index contributed by atoms with van der Waals surface area (Å²) in [5.74, 6) is 0.570. The van der Waals surface area contributed by atoms with E-state index in [4.69, 9.17) is 11.6 Å². The Hall–Kier alpha value is 0.602. The third-order valence-corrected chi connectivity index (χ3v) is 10.7. The molecule has 0 N–H and O–H groups in total. The molecule has 0 fully saturated rings. The predicted molar refractivity (Wildman–Crippen MR) is 96.7 cm³/mol. The van der Waals surface area contributed by atoms with Crippen molar-refractivity contribution in [1.29, 1.82) is 0 Å². The SMILES string of the molecule is CC(C)c1ccc([P+]([CH-]Cl)(C(C)(C)C)C(C)(C)C)cc1.[Pd]. The van der Waals surface area contributed by atoms with Gasteiger partial charge in [-0.1, -0.05) is 38.9 Å². The summed E-state index contributed by atoms with van der Waals surface area (Å²) in [6, 6.07) is 9.15. The third-order valence-electron chi connectivity index (χ3n) is 4.23. The first-order chi connectivity index (χ1) is 8.97. The quantitative estimate of drug-likeness (QED) is 0.302. The summed E-state index contributed by atoms with van der Waals surface area (Å²) >= 11 is 6.45. The molecule has 21 heavy (non-hydrogen) atoms. The van der Waals surface area contributed by atoms with Crippen LogP contribution in [0.15, 0.2) is 24.3 Å². The maximum absolute atomic E-state index is 6.45. The van der Waals surface area contributed by atoms with Gasteiger partial charge in [0.25, 0.3) is 0 Å². The minimum Gasteiger partial charge on any atom is -0.304 e. The predicted octanol–water partition coefficient (Wildman–Crippen LogP) is 6.41. The van der Waals surface area contributed by atoms with Crippen LogP contribution in [0.3, 0.4) is 0 Å². The minimum atomic E-state index is -1.61. The fraction of sp³-hybridized carbons (Fsp3) is 0.611. The Morgan fingerprint density at radius 3 is 1.52 bits per heavy atom. The number of rotatable bonds is 3. The van der Waals surface area contributed by atoms with Crippen molar-refractivity contribution in [2.24, 2.45) is 0 Å². The molecule has 3 heteroatoms. The Morgan fingerprint density at radius 1 is 0.905 bits per heavy atom. The van der Waals surface area contributed by atoms with E-state index in [1.807, 2.05) is 5.62 Å². The smallest absolute Gasteiger partial charge is 0.0669 e. The second-order valence-corrected chi connectivity index (χ2v) is 13.3. The Balaban J connectivity index is 0.00000400. The van der Waals surface area contributed by atoms with E-state index in [9.17, 15) is 0 Å². The van der Waals surface area contributed by atoms with Gasteiger partial charge in [0.15, 0.2) is 0 Å². The van der Waals surface area contributed by atoms with Crippen molar-refractivity contribution in [2.45, 2.75) is 71.6 Å². The summed E-state index contributed by atoms with van der Waals surface area (Å²) in [6.07, 6.45) is 0. The first-order valence-electron chi connectivity index (χ1n) is 7.41. The maximum Gasteiger partial charge on any atom is 0.0669 e. The van der Waals surface area contributed by atoms with Gasteiger partial charge in [-0.3, -0.25) is 0 Å². The van der Waals surface area contributed by atoms with Crippen molar-refractivity contribution >= 4 is 24.2 Å². The molecule has 0 nitrogen and oxygen atoms in total. The summed E-state index contributed by atoms with van der Waals surface area (Å²) in [5, 5.41) is 1.73. The van der Waals surface area contributed by atoms with Crippen LogP contribution in [0.5, 0.6) is 0 Å². The average Bonchev–Trinajstić information content (AvgIpc) is 2.27. The molecule has 0 bridgehead atoms. The van der Waals surface area contributed by atoms with Crippen LogP contribution in [0.4, 0.5) is 0 Å². The van der Waals surface area contributed by atoms with Crippen molar-refractivity contribution in [3.63, 3.8) is 0 Å². The van der Waals surface area contributed by atoms with Crippen LogP contribution in [-0.4, -0.2) is 10.3 Å². The van der Waals surface area contributed by atoms with Crippen LogP contribution in [0, 0.1) is 5.62 Å². The van der Waals surface area contributed by atoms with E-state index in [1.165, 1.54) is 10.9 Å². The zero-order valence-corrected chi connectivity index (χ0v) is 17.8. The average molecular weight is 419 g/mol. The van der Waals surface area contributed by atoms with E-state index < -0.39 is 7.26 Å². The van der Waals surface area contributed by atoms with Crippen molar-refractivity contribution in [2.75, 3.05) is 0 Å². The van der Waals surface area contributed by atoms with E-state index >= 15 is 0 Å². The molecular formula is C18H30ClPPd. The van der Waals surface area contributed by atoms with Gasteiger partial charge in [-0.05, 0) is 65.2 Å². The molecule has 0 aliphatic rings. The number of hydrogen-bond acceptors (Lipinski definition) is 0. The zero-order chi connectivity index (χ0) is 15.8. The Bertz CT molecular complexity index is 424. The number of hydrogen-bond donors (Lipinski definition) is 0. The molecule has 0 aliphatic carbocycles. The minimum absolute atomic E-state index is 0.